The van der Waals surface area contributed by atoms with E-state index in [1.54, 1.807) is 0 Å². The zero-order chi connectivity index (χ0) is 10.7. The Hall–Kier alpha value is -0.610. The van der Waals surface area contributed by atoms with Gasteiger partial charge in [-0.3, -0.25) is 0 Å². The Balaban J connectivity index is 3.02. The summed E-state index contributed by atoms with van der Waals surface area (Å²) in [6.07, 6.45) is 1.63. The Kier molecular flexibility index (Phi) is 3.89. The van der Waals surface area contributed by atoms with Crippen molar-refractivity contribution in [3.05, 3.63) is 28.0 Å². The van der Waals surface area contributed by atoms with Gasteiger partial charge in [0.1, 0.15) is 11.6 Å². The molecule has 0 fully saturated rings. The second kappa shape index (κ2) is 4.75. The molecule has 78 valence electrons. The highest BCUT2D eigenvalue weighted by atomic mass is 79.9. The molecule has 0 saturated carbocycles. The maximum Gasteiger partial charge on any atom is 0.132 e. The molecule has 1 rings (SSSR count). The molecule has 4 heteroatoms. The van der Waals surface area contributed by atoms with Crippen LogP contribution in [0.1, 0.15) is 31.4 Å². The minimum atomic E-state index is -0.452. The van der Waals surface area contributed by atoms with E-state index in [0.717, 1.165) is 18.9 Å². The van der Waals surface area contributed by atoms with Gasteiger partial charge in [-0.05, 0) is 28.4 Å². The molecule has 1 atom stereocenters. The standard InChI is InChI=1S/C10H13BrFNO/c1-2-3-9(13)6-4-7(11)10(14)5-8(6)12/h4-5,9,14H,2-3,13H2,1H3. The monoisotopic (exact) mass is 261 g/mol. The van der Waals surface area contributed by atoms with Crippen molar-refractivity contribution < 1.29 is 9.50 Å². The van der Waals surface area contributed by atoms with Crippen molar-refractivity contribution in [3.8, 4) is 5.75 Å². The second-order valence-electron chi connectivity index (χ2n) is 3.22. The van der Waals surface area contributed by atoms with E-state index in [9.17, 15) is 9.50 Å². The third-order valence-corrected chi connectivity index (χ3v) is 2.70. The van der Waals surface area contributed by atoms with E-state index in [1.807, 2.05) is 6.92 Å². The minimum Gasteiger partial charge on any atom is -0.507 e. The molecule has 1 unspecified atom stereocenters. The van der Waals surface area contributed by atoms with Crippen molar-refractivity contribution in [1.29, 1.82) is 0 Å². The quantitative estimate of drug-likeness (QED) is 0.879. The van der Waals surface area contributed by atoms with Crippen molar-refractivity contribution in [2.24, 2.45) is 5.73 Å². The molecular weight excluding hydrogens is 249 g/mol. The van der Waals surface area contributed by atoms with Gasteiger partial charge in [0, 0.05) is 17.7 Å². The van der Waals surface area contributed by atoms with E-state index >= 15 is 0 Å². The lowest BCUT2D eigenvalue weighted by Gasteiger charge is -2.12. The highest BCUT2D eigenvalue weighted by Gasteiger charge is 2.13. The number of phenolic OH excluding ortho intramolecular Hbond substituents is 1. The first-order valence-electron chi connectivity index (χ1n) is 4.49. The van der Waals surface area contributed by atoms with Gasteiger partial charge in [-0.1, -0.05) is 13.3 Å². The molecule has 0 heterocycles. The second-order valence-corrected chi connectivity index (χ2v) is 4.07. The smallest absolute Gasteiger partial charge is 0.132 e. The summed E-state index contributed by atoms with van der Waals surface area (Å²) in [5, 5.41) is 9.21. The molecule has 1 aromatic rings. The van der Waals surface area contributed by atoms with Crippen LogP contribution < -0.4 is 5.73 Å². The molecule has 0 saturated heterocycles. The van der Waals surface area contributed by atoms with Gasteiger partial charge in [-0.25, -0.2) is 4.39 Å². The summed E-state index contributed by atoms with van der Waals surface area (Å²) >= 11 is 3.13. The van der Waals surface area contributed by atoms with Gasteiger partial charge in [0.2, 0.25) is 0 Å². The normalized spacial score (nSPS) is 12.9. The van der Waals surface area contributed by atoms with Gasteiger partial charge in [-0.2, -0.15) is 0 Å². The van der Waals surface area contributed by atoms with Crippen LogP contribution in [-0.4, -0.2) is 5.11 Å². The lowest BCUT2D eigenvalue weighted by Crippen LogP contribution is -2.11. The molecule has 2 nitrogen and oxygen atoms in total. The van der Waals surface area contributed by atoms with Crippen molar-refractivity contribution in [3.63, 3.8) is 0 Å². The van der Waals surface area contributed by atoms with E-state index in [-0.39, 0.29) is 11.8 Å². The van der Waals surface area contributed by atoms with Crippen LogP contribution >= 0.6 is 15.9 Å². The first-order chi connectivity index (χ1) is 6.56. The van der Waals surface area contributed by atoms with Gasteiger partial charge >= 0.3 is 0 Å². The summed E-state index contributed by atoms with van der Waals surface area (Å²) in [6, 6.07) is 2.30. The van der Waals surface area contributed by atoms with Gasteiger partial charge in [0.05, 0.1) is 4.47 Å². The maximum absolute atomic E-state index is 13.3. The number of nitrogens with two attached hydrogens (primary N) is 1. The van der Waals surface area contributed by atoms with Gasteiger partial charge in [0.15, 0.2) is 0 Å². The zero-order valence-electron chi connectivity index (χ0n) is 7.93. The summed E-state index contributed by atoms with van der Waals surface area (Å²) in [7, 11) is 0. The summed E-state index contributed by atoms with van der Waals surface area (Å²) in [6.45, 7) is 1.99. The lowest BCUT2D eigenvalue weighted by molar-refractivity contribution is 0.462. The number of aromatic hydroxyl groups is 1. The van der Waals surface area contributed by atoms with E-state index in [1.165, 1.54) is 6.07 Å². The molecule has 0 aromatic heterocycles. The zero-order valence-corrected chi connectivity index (χ0v) is 9.51. The molecule has 0 aliphatic rings. The lowest BCUT2D eigenvalue weighted by atomic mass is 10.0. The number of benzene rings is 1. The van der Waals surface area contributed by atoms with Crippen LogP contribution in [0.2, 0.25) is 0 Å². The molecule has 0 amide bonds. The Labute approximate surface area is 91.1 Å². The average molecular weight is 262 g/mol. The fourth-order valence-corrected chi connectivity index (χ4v) is 1.66. The van der Waals surface area contributed by atoms with Crippen molar-refractivity contribution in [1.82, 2.24) is 0 Å². The van der Waals surface area contributed by atoms with Crippen LogP contribution in [-0.2, 0) is 0 Å². The number of phenols is 1. The average Bonchev–Trinajstić information content (AvgIpc) is 2.11. The van der Waals surface area contributed by atoms with Crippen molar-refractivity contribution in [2.75, 3.05) is 0 Å². The van der Waals surface area contributed by atoms with Crippen LogP contribution in [0.5, 0.6) is 5.75 Å². The number of halogens is 2. The van der Waals surface area contributed by atoms with Gasteiger partial charge < -0.3 is 10.8 Å². The molecule has 0 spiro atoms. The van der Waals surface area contributed by atoms with Crippen molar-refractivity contribution in [2.45, 2.75) is 25.8 Å². The van der Waals surface area contributed by atoms with Crippen LogP contribution in [0.15, 0.2) is 16.6 Å². The van der Waals surface area contributed by atoms with E-state index in [4.69, 9.17) is 5.73 Å². The molecule has 0 bridgehead atoms. The van der Waals surface area contributed by atoms with Crippen LogP contribution in [0.25, 0.3) is 0 Å². The number of hydrogen-bond acceptors (Lipinski definition) is 2. The third kappa shape index (κ3) is 2.45. The largest absolute Gasteiger partial charge is 0.507 e. The molecule has 14 heavy (non-hydrogen) atoms. The van der Waals surface area contributed by atoms with Gasteiger partial charge in [-0.15, -0.1) is 0 Å². The Morgan fingerprint density at radius 1 is 1.57 bits per heavy atom. The SMILES string of the molecule is CCCC(N)c1cc(Br)c(O)cc1F. The summed E-state index contributed by atoms with van der Waals surface area (Å²) in [5.74, 6) is -0.554. The highest BCUT2D eigenvalue weighted by Crippen LogP contribution is 2.30. The first-order valence-corrected chi connectivity index (χ1v) is 5.29. The predicted octanol–water partition coefficient (Wildman–Crippen LogP) is 3.09. The Bertz CT molecular complexity index is 330. The summed E-state index contributed by atoms with van der Waals surface area (Å²) in [5.41, 5.74) is 6.22. The topological polar surface area (TPSA) is 46.2 Å². The van der Waals surface area contributed by atoms with Crippen LogP contribution in [0, 0.1) is 5.82 Å². The molecule has 3 N–H and O–H groups in total. The molecule has 0 aliphatic carbocycles. The molecule has 0 aliphatic heterocycles. The maximum atomic E-state index is 13.3. The Morgan fingerprint density at radius 2 is 2.21 bits per heavy atom. The van der Waals surface area contributed by atoms with E-state index < -0.39 is 5.82 Å². The van der Waals surface area contributed by atoms with E-state index in [0.29, 0.717) is 10.0 Å². The van der Waals surface area contributed by atoms with Crippen LogP contribution in [0.4, 0.5) is 4.39 Å². The highest BCUT2D eigenvalue weighted by molar-refractivity contribution is 9.10. The Morgan fingerprint density at radius 3 is 2.79 bits per heavy atom. The molecular formula is C10H13BrFNO. The van der Waals surface area contributed by atoms with E-state index in [2.05, 4.69) is 15.9 Å². The van der Waals surface area contributed by atoms with Crippen molar-refractivity contribution >= 4 is 15.9 Å². The molecule has 0 radical (unpaired) electrons. The number of hydrogen-bond donors (Lipinski definition) is 2. The fourth-order valence-electron chi connectivity index (χ4n) is 1.30. The number of rotatable bonds is 3. The van der Waals surface area contributed by atoms with Gasteiger partial charge in [0.25, 0.3) is 0 Å². The first kappa shape index (κ1) is 11.5. The summed E-state index contributed by atoms with van der Waals surface area (Å²) < 4.78 is 13.8. The van der Waals surface area contributed by atoms with Crippen LogP contribution in [0.3, 0.4) is 0 Å². The predicted molar refractivity (Wildman–Crippen MR) is 57.6 cm³/mol. The summed E-state index contributed by atoms with van der Waals surface area (Å²) in [4.78, 5) is 0. The minimum absolute atomic E-state index is 0.102. The third-order valence-electron chi connectivity index (χ3n) is 2.07. The molecule has 1 aromatic carbocycles. The fraction of sp³-hybridized carbons (Fsp3) is 0.400.